The molecule has 0 unspecified atom stereocenters. The first-order valence-electron chi connectivity index (χ1n) is 9.42. The molecule has 176 valence electrons. The number of nitrogens with one attached hydrogen (secondary N) is 2. The average molecular weight is 514 g/mol. The van der Waals surface area contributed by atoms with Gasteiger partial charge < -0.3 is 20.5 Å². The molecule has 1 amide bonds. The van der Waals surface area contributed by atoms with Gasteiger partial charge in [-0.3, -0.25) is 4.79 Å². The Kier molecular flexibility index (Phi) is 9.07. The maximum absolute atomic E-state index is 13.8. The molecule has 0 saturated carbocycles. The molecule has 0 bridgehead atoms. The number of methoxy groups -OCH3 is 1. The van der Waals surface area contributed by atoms with Gasteiger partial charge in [-0.25, -0.2) is 0 Å². The Labute approximate surface area is 198 Å². The van der Waals surface area contributed by atoms with Crippen LogP contribution < -0.4 is 10.6 Å². The molecule has 2 aromatic carbocycles. The molecule has 0 saturated heterocycles. The van der Waals surface area contributed by atoms with E-state index in [0.717, 1.165) is 23.3 Å². The molecule has 5 nitrogen and oxygen atoms in total. The summed E-state index contributed by atoms with van der Waals surface area (Å²) < 4.78 is 46.3. The molecule has 0 aliphatic rings. The van der Waals surface area contributed by atoms with E-state index in [-0.39, 0.29) is 33.9 Å². The molecule has 0 radical (unpaired) electrons. The first kappa shape index (κ1) is 26.5. The van der Waals surface area contributed by atoms with Crippen LogP contribution in [0.15, 0.2) is 30.3 Å². The van der Waals surface area contributed by atoms with Gasteiger partial charge in [-0.15, -0.1) is 0 Å². The van der Waals surface area contributed by atoms with Crippen molar-refractivity contribution in [2.24, 2.45) is 0 Å². The van der Waals surface area contributed by atoms with Gasteiger partial charge in [-0.05, 0) is 47.9 Å². The Bertz CT molecular complexity index is 950. The number of amides is 1. The van der Waals surface area contributed by atoms with Gasteiger partial charge in [0.15, 0.2) is 0 Å². The predicted molar refractivity (Wildman–Crippen MR) is 119 cm³/mol. The highest BCUT2D eigenvalue weighted by Gasteiger charge is 2.55. The lowest BCUT2D eigenvalue weighted by molar-refractivity contribution is -0.260. The monoisotopic (exact) mass is 512 g/mol. The minimum Gasteiger partial charge on any atom is -0.384 e. The number of anilines is 1. The van der Waals surface area contributed by atoms with Crippen molar-refractivity contribution in [3.63, 3.8) is 0 Å². The number of alkyl halides is 3. The van der Waals surface area contributed by atoms with Crippen molar-refractivity contribution in [3.8, 4) is 0 Å². The van der Waals surface area contributed by atoms with Crippen molar-refractivity contribution in [2.75, 3.05) is 25.6 Å². The number of rotatable bonds is 9. The lowest BCUT2D eigenvalue weighted by atomic mass is 9.92. The average Bonchev–Trinajstić information content (AvgIpc) is 2.72. The SMILES string of the molecule is COCCC(=O)NCc1ccc(NC[C@](O)(c2cc(Cl)c(Cl)c(Cl)c2)C(F)(F)F)cc1C. The van der Waals surface area contributed by atoms with Crippen LogP contribution in [0.3, 0.4) is 0 Å². The molecule has 0 aliphatic carbocycles. The van der Waals surface area contributed by atoms with Crippen LogP contribution in [0, 0.1) is 6.92 Å². The summed E-state index contributed by atoms with van der Waals surface area (Å²) in [5, 5.41) is 15.4. The van der Waals surface area contributed by atoms with Crippen LogP contribution in [0.1, 0.15) is 23.1 Å². The van der Waals surface area contributed by atoms with Crippen LogP contribution in [0.25, 0.3) is 0 Å². The van der Waals surface area contributed by atoms with E-state index in [4.69, 9.17) is 39.5 Å². The second kappa shape index (κ2) is 10.9. The van der Waals surface area contributed by atoms with E-state index in [0.29, 0.717) is 12.3 Å². The Morgan fingerprint density at radius 1 is 1.12 bits per heavy atom. The molecule has 0 spiro atoms. The molecular weight excluding hydrogens is 492 g/mol. The zero-order valence-corrected chi connectivity index (χ0v) is 19.5. The lowest BCUT2D eigenvalue weighted by Gasteiger charge is -2.32. The third-order valence-electron chi connectivity index (χ3n) is 4.83. The highest BCUT2D eigenvalue weighted by molar-refractivity contribution is 6.48. The van der Waals surface area contributed by atoms with Gasteiger partial charge in [-0.2, -0.15) is 13.2 Å². The molecule has 0 fully saturated rings. The van der Waals surface area contributed by atoms with Crippen molar-refractivity contribution in [2.45, 2.75) is 31.7 Å². The summed E-state index contributed by atoms with van der Waals surface area (Å²) >= 11 is 17.5. The van der Waals surface area contributed by atoms with Gasteiger partial charge in [0.1, 0.15) is 0 Å². The molecule has 32 heavy (non-hydrogen) atoms. The Hall–Kier alpha value is -1.71. The summed E-state index contributed by atoms with van der Waals surface area (Å²) in [5.41, 5.74) is -1.92. The van der Waals surface area contributed by atoms with Crippen LogP contribution in [0.2, 0.25) is 15.1 Å². The molecule has 1 atom stereocenters. The fourth-order valence-corrected chi connectivity index (χ4v) is 3.47. The fourth-order valence-electron chi connectivity index (χ4n) is 2.87. The zero-order chi connectivity index (χ0) is 24.1. The van der Waals surface area contributed by atoms with E-state index in [9.17, 15) is 23.1 Å². The molecule has 0 aromatic heterocycles. The number of hydrogen-bond donors (Lipinski definition) is 3. The van der Waals surface area contributed by atoms with Crippen LogP contribution in [0.4, 0.5) is 18.9 Å². The highest BCUT2D eigenvalue weighted by Crippen LogP contribution is 2.43. The Morgan fingerprint density at radius 3 is 2.28 bits per heavy atom. The van der Waals surface area contributed by atoms with Gasteiger partial charge in [0.25, 0.3) is 0 Å². The summed E-state index contributed by atoms with van der Waals surface area (Å²) in [6.45, 7) is 1.44. The van der Waals surface area contributed by atoms with Gasteiger partial charge in [0, 0.05) is 25.8 Å². The predicted octanol–water partition coefficient (Wildman–Crippen LogP) is 5.47. The van der Waals surface area contributed by atoms with Crippen LogP contribution in [0.5, 0.6) is 0 Å². The largest absolute Gasteiger partial charge is 0.423 e. The van der Waals surface area contributed by atoms with Crippen LogP contribution in [-0.4, -0.2) is 37.5 Å². The van der Waals surface area contributed by atoms with Gasteiger partial charge in [0.2, 0.25) is 11.5 Å². The third kappa shape index (κ3) is 6.42. The third-order valence-corrected chi connectivity index (χ3v) is 6.03. The van der Waals surface area contributed by atoms with Crippen molar-refractivity contribution in [1.82, 2.24) is 5.32 Å². The Morgan fingerprint density at radius 2 is 1.75 bits per heavy atom. The van der Waals surface area contributed by atoms with Crippen molar-refractivity contribution >= 4 is 46.4 Å². The van der Waals surface area contributed by atoms with E-state index in [1.54, 1.807) is 25.1 Å². The number of ether oxygens (including phenoxy) is 1. The Balaban J connectivity index is 2.17. The number of carbonyl (C=O) groups excluding carboxylic acids is 1. The molecule has 2 aromatic rings. The lowest BCUT2D eigenvalue weighted by Crippen LogP contribution is -2.47. The maximum atomic E-state index is 13.8. The van der Waals surface area contributed by atoms with Crippen LogP contribution >= 0.6 is 34.8 Å². The van der Waals surface area contributed by atoms with Gasteiger partial charge in [-0.1, -0.05) is 40.9 Å². The summed E-state index contributed by atoms with van der Waals surface area (Å²) in [7, 11) is 1.50. The van der Waals surface area contributed by atoms with Crippen molar-refractivity contribution in [3.05, 3.63) is 62.1 Å². The summed E-state index contributed by atoms with van der Waals surface area (Å²) in [5.74, 6) is -0.177. The number of aliphatic hydroxyl groups is 1. The fraction of sp³-hybridized carbons (Fsp3) is 0.381. The van der Waals surface area contributed by atoms with E-state index in [1.807, 2.05) is 0 Å². The number of carbonyl (C=O) groups is 1. The summed E-state index contributed by atoms with van der Waals surface area (Å²) in [6.07, 6.45) is -4.80. The molecular formula is C21H22Cl3F3N2O3. The minimum absolute atomic E-state index is 0.102. The number of aryl methyl sites for hydroxylation is 1. The molecule has 0 aliphatic heterocycles. The summed E-state index contributed by atoms with van der Waals surface area (Å²) in [6, 6.07) is 6.73. The quantitative estimate of drug-likeness (QED) is 0.389. The second-order valence-electron chi connectivity index (χ2n) is 7.13. The molecule has 0 heterocycles. The molecule has 2 rings (SSSR count). The first-order valence-corrected chi connectivity index (χ1v) is 10.6. The first-order chi connectivity index (χ1) is 14.9. The van der Waals surface area contributed by atoms with Crippen molar-refractivity contribution < 1.29 is 27.8 Å². The maximum Gasteiger partial charge on any atom is 0.423 e. The zero-order valence-electron chi connectivity index (χ0n) is 17.2. The van der Waals surface area contributed by atoms with Crippen LogP contribution in [-0.2, 0) is 21.7 Å². The van der Waals surface area contributed by atoms with Gasteiger partial charge in [0.05, 0.1) is 28.2 Å². The van der Waals surface area contributed by atoms with E-state index in [2.05, 4.69) is 10.6 Å². The topological polar surface area (TPSA) is 70.6 Å². The van der Waals surface area contributed by atoms with E-state index < -0.39 is 23.9 Å². The number of hydrogen-bond acceptors (Lipinski definition) is 4. The van der Waals surface area contributed by atoms with Gasteiger partial charge >= 0.3 is 6.18 Å². The molecule has 3 N–H and O–H groups in total. The highest BCUT2D eigenvalue weighted by atomic mass is 35.5. The van der Waals surface area contributed by atoms with E-state index >= 15 is 0 Å². The summed E-state index contributed by atoms with van der Waals surface area (Å²) in [4.78, 5) is 11.7. The van der Waals surface area contributed by atoms with E-state index in [1.165, 1.54) is 7.11 Å². The number of halogens is 6. The molecule has 11 heteroatoms. The van der Waals surface area contributed by atoms with Crippen molar-refractivity contribution in [1.29, 1.82) is 0 Å². The normalized spacial score (nSPS) is 13.5. The smallest absolute Gasteiger partial charge is 0.384 e. The minimum atomic E-state index is -5.03. The second-order valence-corrected chi connectivity index (χ2v) is 8.32. The standard InChI is InChI=1S/C21H22Cl3F3N2O3/c1-12-7-15(4-3-13(12)10-28-18(30)5-6-32-2)29-11-20(31,21(25,26)27)14-8-16(22)19(24)17(23)9-14/h3-4,7-9,29,31H,5-6,10-11H2,1-2H3,(H,28,30)/t20-/m0/s1. The number of benzene rings is 2.